The van der Waals surface area contributed by atoms with Gasteiger partial charge in [-0.15, -0.1) is 0 Å². The molecule has 2 saturated carbocycles. The highest BCUT2D eigenvalue weighted by atomic mass is 16.5. The zero-order valence-electron chi connectivity index (χ0n) is 10.9. The van der Waals surface area contributed by atoms with Gasteiger partial charge in [-0.1, -0.05) is 26.7 Å². The second-order valence-electron chi connectivity index (χ2n) is 5.98. The summed E-state index contributed by atoms with van der Waals surface area (Å²) in [5.41, 5.74) is 0.261. The highest BCUT2D eigenvalue weighted by Crippen LogP contribution is 2.40. The molecule has 2 aliphatic carbocycles. The average Bonchev–Trinajstić information content (AvgIpc) is 2.96. The lowest BCUT2D eigenvalue weighted by molar-refractivity contribution is -0.106. The van der Waals surface area contributed by atoms with Gasteiger partial charge in [0, 0.05) is 12.6 Å². The van der Waals surface area contributed by atoms with E-state index in [0.29, 0.717) is 6.04 Å². The third-order valence-electron chi connectivity index (χ3n) is 4.03. The third-order valence-corrected chi connectivity index (χ3v) is 4.03. The maximum atomic E-state index is 6.16. The first kappa shape index (κ1) is 12.4. The third kappa shape index (κ3) is 3.74. The summed E-state index contributed by atoms with van der Waals surface area (Å²) in [4.78, 5) is 0. The van der Waals surface area contributed by atoms with E-state index in [-0.39, 0.29) is 5.60 Å². The van der Waals surface area contributed by atoms with Crippen LogP contribution in [0.3, 0.4) is 0 Å². The van der Waals surface area contributed by atoms with Crippen molar-refractivity contribution in [3.63, 3.8) is 0 Å². The van der Waals surface area contributed by atoms with Gasteiger partial charge in [-0.3, -0.25) is 0 Å². The summed E-state index contributed by atoms with van der Waals surface area (Å²) in [7, 11) is 0. The van der Waals surface area contributed by atoms with Crippen molar-refractivity contribution in [3.05, 3.63) is 0 Å². The van der Waals surface area contributed by atoms with Gasteiger partial charge < -0.3 is 10.1 Å². The van der Waals surface area contributed by atoms with Gasteiger partial charge in [0.05, 0.1) is 5.60 Å². The molecule has 0 aromatic carbocycles. The van der Waals surface area contributed by atoms with Gasteiger partial charge in [-0.05, 0) is 44.6 Å². The van der Waals surface area contributed by atoms with Crippen molar-refractivity contribution in [1.29, 1.82) is 0 Å². The smallest absolute Gasteiger partial charge is 0.0694 e. The van der Waals surface area contributed by atoms with Crippen molar-refractivity contribution >= 4 is 0 Å². The van der Waals surface area contributed by atoms with Gasteiger partial charge in [0.15, 0.2) is 0 Å². The summed E-state index contributed by atoms with van der Waals surface area (Å²) in [5, 5.41) is 3.50. The molecular formula is C14H27NO. The molecule has 0 unspecified atom stereocenters. The summed E-state index contributed by atoms with van der Waals surface area (Å²) in [6.45, 7) is 6.54. The van der Waals surface area contributed by atoms with E-state index in [1.807, 2.05) is 0 Å². The zero-order chi connectivity index (χ0) is 11.4. The first-order valence-corrected chi connectivity index (χ1v) is 7.08. The van der Waals surface area contributed by atoms with E-state index in [2.05, 4.69) is 19.2 Å². The second kappa shape index (κ2) is 5.50. The van der Waals surface area contributed by atoms with Gasteiger partial charge >= 0.3 is 0 Å². The fraction of sp³-hybridized carbons (Fsp3) is 1.00. The molecule has 16 heavy (non-hydrogen) atoms. The summed E-state index contributed by atoms with van der Waals surface area (Å²) in [5.74, 6) is 1.01. The van der Waals surface area contributed by atoms with Gasteiger partial charge in [0.2, 0.25) is 0 Å². The molecule has 0 aromatic rings. The molecule has 0 saturated heterocycles. The summed E-state index contributed by atoms with van der Waals surface area (Å²) in [6.07, 6.45) is 9.35. The van der Waals surface area contributed by atoms with Crippen molar-refractivity contribution in [2.45, 2.75) is 70.4 Å². The molecule has 0 aromatic heterocycles. The molecule has 1 N–H and O–H groups in total. The Morgan fingerprint density at radius 1 is 1.31 bits per heavy atom. The number of hydrogen-bond donors (Lipinski definition) is 1. The number of rotatable bonds is 8. The van der Waals surface area contributed by atoms with Crippen molar-refractivity contribution in [2.75, 3.05) is 13.2 Å². The van der Waals surface area contributed by atoms with Gasteiger partial charge in [0.25, 0.3) is 0 Å². The Morgan fingerprint density at radius 2 is 2.06 bits per heavy atom. The highest BCUT2D eigenvalue weighted by molar-refractivity contribution is 4.90. The Morgan fingerprint density at radius 3 is 2.56 bits per heavy atom. The van der Waals surface area contributed by atoms with Crippen LogP contribution in [0.4, 0.5) is 0 Å². The van der Waals surface area contributed by atoms with Crippen LogP contribution in [0.15, 0.2) is 0 Å². The molecule has 0 spiro atoms. The monoisotopic (exact) mass is 225 g/mol. The standard InChI is InChI=1S/C14H27NO/c1-12(2)15-10-9-14(7-3-8-14)16-11-6-13-4-5-13/h12-13,15H,3-11H2,1-2H3. The van der Waals surface area contributed by atoms with Crippen molar-refractivity contribution in [1.82, 2.24) is 5.32 Å². The predicted molar refractivity (Wildman–Crippen MR) is 67.6 cm³/mol. The Hall–Kier alpha value is -0.0800. The molecule has 2 fully saturated rings. The molecule has 0 heterocycles. The molecule has 0 radical (unpaired) electrons. The SMILES string of the molecule is CC(C)NCCC1(OCCC2CC2)CCC1. The molecule has 2 rings (SSSR count). The Bertz CT molecular complexity index is 197. The van der Waals surface area contributed by atoms with Crippen LogP contribution < -0.4 is 5.32 Å². The molecular weight excluding hydrogens is 198 g/mol. The van der Waals surface area contributed by atoms with Crippen LogP contribution in [0, 0.1) is 5.92 Å². The van der Waals surface area contributed by atoms with Crippen LogP contribution in [0.5, 0.6) is 0 Å². The summed E-state index contributed by atoms with van der Waals surface area (Å²) >= 11 is 0. The zero-order valence-corrected chi connectivity index (χ0v) is 10.9. The molecule has 0 atom stereocenters. The van der Waals surface area contributed by atoms with E-state index in [9.17, 15) is 0 Å². The molecule has 0 bridgehead atoms. The lowest BCUT2D eigenvalue weighted by Gasteiger charge is -2.42. The first-order chi connectivity index (χ1) is 7.70. The molecule has 2 heteroatoms. The molecule has 94 valence electrons. The predicted octanol–water partition coefficient (Wildman–Crippen LogP) is 3.11. The van der Waals surface area contributed by atoms with Crippen molar-refractivity contribution in [3.8, 4) is 0 Å². The highest BCUT2D eigenvalue weighted by Gasteiger charge is 2.37. The van der Waals surface area contributed by atoms with Crippen LogP contribution in [0.2, 0.25) is 0 Å². The Labute approximate surface area is 100 Å². The maximum Gasteiger partial charge on any atom is 0.0694 e. The quantitative estimate of drug-likeness (QED) is 0.685. The Balaban J connectivity index is 1.60. The summed E-state index contributed by atoms with van der Waals surface area (Å²) < 4.78 is 6.16. The normalized spacial score (nSPS) is 23.4. The molecule has 0 amide bonds. The molecule has 2 nitrogen and oxygen atoms in total. The average molecular weight is 225 g/mol. The number of nitrogens with one attached hydrogen (secondary N) is 1. The van der Waals surface area contributed by atoms with E-state index in [0.717, 1.165) is 19.1 Å². The van der Waals surface area contributed by atoms with Crippen LogP contribution in [-0.4, -0.2) is 24.8 Å². The van der Waals surface area contributed by atoms with Crippen molar-refractivity contribution in [2.24, 2.45) is 5.92 Å². The van der Waals surface area contributed by atoms with E-state index < -0.39 is 0 Å². The molecule has 0 aliphatic heterocycles. The number of ether oxygens (including phenoxy) is 1. The van der Waals surface area contributed by atoms with Crippen molar-refractivity contribution < 1.29 is 4.74 Å². The minimum Gasteiger partial charge on any atom is -0.375 e. The maximum absolute atomic E-state index is 6.16. The largest absolute Gasteiger partial charge is 0.375 e. The van der Waals surface area contributed by atoms with Crippen LogP contribution in [0.1, 0.15) is 58.8 Å². The van der Waals surface area contributed by atoms with Crippen LogP contribution >= 0.6 is 0 Å². The summed E-state index contributed by atoms with van der Waals surface area (Å²) in [6, 6.07) is 0.601. The van der Waals surface area contributed by atoms with Gasteiger partial charge in [-0.25, -0.2) is 0 Å². The topological polar surface area (TPSA) is 21.3 Å². The van der Waals surface area contributed by atoms with Crippen LogP contribution in [0.25, 0.3) is 0 Å². The fourth-order valence-corrected chi connectivity index (χ4v) is 2.47. The minimum absolute atomic E-state index is 0.261. The van der Waals surface area contributed by atoms with Gasteiger partial charge in [0.1, 0.15) is 0 Å². The fourth-order valence-electron chi connectivity index (χ4n) is 2.47. The lowest BCUT2D eigenvalue weighted by atomic mass is 9.77. The molecule has 2 aliphatic rings. The van der Waals surface area contributed by atoms with E-state index >= 15 is 0 Å². The van der Waals surface area contributed by atoms with E-state index in [1.165, 1.54) is 44.9 Å². The van der Waals surface area contributed by atoms with Crippen LogP contribution in [-0.2, 0) is 4.74 Å². The van der Waals surface area contributed by atoms with Gasteiger partial charge in [-0.2, -0.15) is 0 Å². The minimum atomic E-state index is 0.261. The van der Waals surface area contributed by atoms with E-state index in [4.69, 9.17) is 4.74 Å². The second-order valence-corrected chi connectivity index (χ2v) is 5.98. The first-order valence-electron chi connectivity index (χ1n) is 7.08. The number of hydrogen-bond acceptors (Lipinski definition) is 2. The van der Waals surface area contributed by atoms with E-state index in [1.54, 1.807) is 0 Å². The lowest BCUT2D eigenvalue weighted by Crippen LogP contribution is -2.43. The Kier molecular flexibility index (Phi) is 4.26.